The van der Waals surface area contributed by atoms with E-state index in [0.717, 1.165) is 5.92 Å². The van der Waals surface area contributed by atoms with Crippen LogP contribution in [0.15, 0.2) is 6.20 Å². The summed E-state index contributed by atoms with van der Waals surface area (Å²) in [5, 5.41) is 4.85. The Morgan fingerprint density at radius 3 is 2.62 bits per heavy atom. The number of rotatable bonds is 3. The monoisotopic (exact) mass is 241 g/mol. The lowest BCUT2D eigenvalue weighted by Crippen LogP contribution is -2.20. The highest BCUT2D eigenvalue weighted by atomic mass is 35.5. The van der Waals surface area contributed by atoms with Crippen molar-refractivity contribution < 1.29 is 0 Å². The number of nitrogens with zero attached hydrogens (tertiary/aromatic N) is 2. The summed E-state index contributed by atoms with van der Waals surface area (Å²) in [6.07, 6.45) is 9.28. The zero-order chi connectivity index (χ0) is 11.5. The standard InChI is InChI=1S/C12H20ClN3/c1-2-3-9-4-6-10(7-5-9)16-12(14)11(13)8-15-16/h8-10H,2-7,14H2,1H3. The van der Waals surface area contributed by atoms with Crippen LogP contribution in [-0.4, -0.2) is 9.78 Å². The van der Waals surface area contributed by atoms with Gasteiger partial charge in [-0.3, -0.25) is 0 Å². The SMILES string of the molecule is CCCC1CCC(n2ncc(Cl)c2N)CC1. The van der Waals surface area contributed by atoms with Gasteiger partial charge in [0, 0.05) is 0 Å². The number of halogens is 1. The van der Waals surface area contributed by atoms with Gasteiger partial charge in [-0.1, -0.05) is 31.4 Å². The zero-order valence-corrected chi connectivity index (χ0v) is 10.6. The van der Waals surface area contributed by atoms with E-state index in [9.17, 15) is 0 Å². The van der Waals surface area contributed by atoms with E-state index in [2.05, 4.69) is 12.0 Å². The molecule has 1 heterocycles. The van der Waals surface area contributed by atoms with E-state index in [1.807, 2.05) is 4.68 Å². The van der Waals surface area contributed by atoms with Crippen LogP contribution in [0.3, 0.4) is 0 Å². The Morgan fingerprint density at radius 1 is 1.44 bits per heavy atom. The van der Waals surface area contributed by atoms with Crippen LogP contribution in [0.25, 0.3) is 0 Å². The number of hydrogen-bond acceptors (Lipinski definition) is 2. The molecule has 1 aliphatic rings. The molecule has 90 valence electrons. The van der Waals surface area contributed by atoms with E-state index in [1.54, 1.807) is 6.20 Å². The quantitative estimate of drug-likeness (QED) is 0.878. The summed E-state index contributed by atoms with van der Waals surface area (Å²) < 4.78 is 1.91. The molecule has 0 spiro atoms. The summed E-state index contributed by atoms with van der Waals surface area (Å²) in [6, 6.07) is 0.459. The minimum atomic E-state index is 0.459. The van der Waals surface area contributed by atoms with Crippen molar-refractivity contribution in [3.05, 3.63) is 11.2 Å². The number of nitrogens with two attached hydrogens (primary N) is 1. The highest BCUT2D eigenvalue weighted by molar-refractivity contribution is 6.32. The van der Waals surface area contributed by atoms with E-state index in [1.165, 1.54) is 38.5 Å². The maximum atomic E-state index is 5.92. The highest BCUT2D eigenvalue weighted by Gasteiger charge is 2.23. The van der Waals surface area contributed by atoms with Crippen molar-refractivity contribution in [2.75, 3.05) is 5.73 Å². The summed E-state index contributed by atoms with van der Waals surface area (Å²) in [5.41, 5.74) is 5.90. The second-order valence-electron chi connectivity index (χ2n) is 4.79. The lowest BCUT2D eigenvalue weighted by Gasteiger charge is -2.29. The molecule has 0 unspecified atom stereocenters. The van der Waals surface area contributed by atoms with Crippen LogP contribution in [0.4, 0.5) is 5.82 Å². The average Bonchev–Trinajstić information content (AvgIpc) is 2.62. The van der Waals surface area contributed by atoms with Gasteiger partial charge in [0.1, 0.15) is 10.8 Å². The second kappa shape index (κ2) is 5.09. The first kappa shape index (κ1) is 11.8. The summed E-state index contributed by atoms with van der Waals surface area (Å²) in [7, 11) is 0. The van der Waals surface area contributed by atoms with Gasteiger partial charge in [-0.15, -0.1) is 0 Å². The van der Waals surface area contributed by atoms with Crippen molar-refractivity contribution in [3.8, 4) is 0 Å². The van der Waals surface area contributed by atoms with Gasteiger partial charge < -0.3 is 5.73 Å². The van der Waals surface area contributed by atoms with Gasteiger partial charge >= 0.3 is 0 Å². The first-order chi connectivity index (χ1) is 7.72. The molecule has 3 nitrogen and oxygen atoms in total. The summed E-state index contributed by atoms with van der Waals surface area (Å²) in [4.78, 5) is 0. The van der Waals surface area contributed by atoms with Crippen molar-refractivity contribution in [1.82, 2.24) is 9.78 Å². The third-order valence-electron chi connectivity index (χ3n) is 3.65. The maximum absolute atomic E-state index is 5.92. The first-order valence-electron chi connectivity index (χ1n) is 6.20. The van der Waals surface area contributed by atoms with Crippen LogP contribution in [-0.2, 0) is 0 Å². The minimum absolute atomic E-state index is 0.459. The Hall–Kier alpha value is -0.700. The van der Waals surface area contributed by atoms with Crippen molar-refractivity contribution in [1.29, 1.82) is 0 Å². The summed E-state index contributed by atoms with van der Waals surface area (Å²) in [6.45, 7) is 2.26. The lowest BCUT2D eigenvalue weighted by molar-refractivity contribution is 0.252. The molecule has 1 aromatic rings. The molecule has 1 fully saturated rings. The molecule has 0 amide bonds. The molecule has 1 aromatic heterocycles. The molecule has 0 bridgehead atoms. The fourth-order valence-electron chi connectivity index (χ4n) is 2.73. The lowest BCUT2D eigenvalue weighted by atomic mass is 9.83. The molecule has 16 heavy (non-hydrogen) atoms. The molecule has 0 atom stereocenters. The fourth-order valence-corrected chi connectivity index (χ4v) is 2.86. The van der Waals surface area contributed by atoms with Gasteiger partial charge in [0.05, 0.1) is 12.2 Å². The molecule has 2 rings (SSSR count). The van der Waals surface area contributed by atoms with Gasteiger partial charge in [0.25, 0.3) is 0 Å². The van der Waals surface area contributed by atoms with E-state index in [0.29, 0.717) is 16.9 Å². The second-order valence-corrected chi connectivity index (χ2v) is 5.19. The van der Waals surface area contributed by atoms with Crippen LogP contribution in [0, 0.1) is 5.92 Å². The number of aromatic nitrogens is 2. The molecule has 0 aliphatic heterocycles. The number of hydrogen-bond donors (Lipinski definition) is 1. The molecule has 0 radical (unpaired) electrons. The van der Waals surface area contributed by atoms with E-state index < -0.39 is 0 Å². The predicted molar refractivity (Wildman–Crippen MR) is 67.6 cm³/mol. The maximum Gasteiger partial charge on any atom is 0.140 e. The topological polar surface area (TPSA) is 43.8 Å². The Kier molecular flexibility index (Phi) is 3.74. The van der Waals surface area contributed by atoms with E-state index in [-0.39, 0.29) is 0 Å². The Labute approximate surface area is 102 Å². The van der Waals surface area contributed by atoms with Gasteiger partial charge in [-0.05, 0) is 31.6 Å². The van der Waals surface area contributed by atoms with E-state index >= 15 is 0 Å². The molecule has 0 saturated heterocycles. The Bertz CT molecular complexity index is 340. The van der Waals surface area contributed by atoms with Gasteiger partial charge in [0.15, 0.2) is 0 Å². The van der Waals surface area contributed by atoms with Crippen LogP contribution >= 0.6 is 11.6 Å². The Morgan fingerprint density at radius 2 is 2.12 bits per heavy atom. The summed E-state index contributed by atoms with van der Waals surface area (Å²) in [5.74, 6) is 1.54. The van der Waals surface area contributed by atoms with E-state index in [4.69, 9.17) is 17.3 Å². The van der Waals surface area contributed by atoms with Gasteiger partial charge in [-0.25, -0.2) is 4.68 Å². The first-order valence-corrected chi connectivity index (χ1v) is 6.58. The third-order valence-corrected chi connectivity index (χ3v) is 3.94. The molecule has 1 aliphatic carbocycles. The number of anilines is 1. The van der Waals surface area contributed by atoms with Crippen LogP contribution in [0.2, 0.25) is 5.02 Å². The van der Waals surface area contributed by atoms with Crippen LogP contribution < -0.4 is 5.73 Å². The molecular weight excluding hydrogens is 222 g/mol. The van der Waals surface area contributed by atoms with Crippen molar-refractivity contribution in [2.45, 2.75) is 51.5 Å². The minimum Gasteiger partial charge on any atom is -0.383 e. The predicted octanol–water partition coefficient (Wildman–Crippen LogP) is 3.65. The normalized spacial score (nSPS) is 25.9. The third kappa shape index (κ3) is 2.34. The Balaban J connectivity index is 1.96. The van der Waals surface area contributed by atoms with Crippen molar-refractivity contribution in [3.63, 3.8) is 0 Å². The molecular formula is C12H20ClN3. The van der Waals surface area contributed by atoms with Crippen LogP contribution in [0.1, 0.15) is 51.5 Å². The summed E-state index contributed by atoms with van der Waals surface area (Å²) >= 11 is 5.92. The average molecular weight is 242 g/mol. The van der Waals surface area contributed by atoms with Gasteiger partial charge in [0.2, 0.25) is 0 Å². The molecule has 1 saturated carbocycles. The largest absolute Gasteiger partial charge is 0.383 e. The van der Waals surface area contributed by atoms with Crippen molar-refractivity contribution >= 4 is 17.4 Å². The van der Waals surface area contributed by atoms with Crippen molar-refractivity contribution in [2.24, 2.45) is 5.92 Å². The van der Waals surface area contributed by atoms with Gasteiger partial charge in [-0.2, -0.15) is 5.10 Å². The highest BCUT2D eigenvalue weighted by Crippen LogP contribution is 2.36. The molecule has 2 N–H and O–H groups in total. The van der Waals surface area contributed by atoms with Crippen LogP contribution in [0.5, 0.6) is 0 Å². The molecule has 4 heteroatoms. The fraction of sp³-hybridized carbons (Fsp3) is 0.750. The zero-order valence-electron chi connectivity index (χ0n) is 9.82. The number of nitrogen functional groups attached to an aromatic ring is 1. The smallest absolute Gasteiger partial charge is 0.140 e. The molecule has 0 aromatic carbocycles.